The van der Waals surface area contributed by atoms with Gasteiger partial charge in [-0.05, 0) is 18.6 Å². The molecule has 0 aliphatic rings. The van der Waals surface area contributed by atoms with E-state index in [2.05, 4.69) is 17.5 Å². The van der Waals surface area contributed by atoms with Crippen molar-refractivity contribution in [1.29, 1.82) is 0 Å². The maximum absolute atomic E-state index is 10.5. The zero-order valence-electron chi connectivity index (χ0n) is 11.3. The number of nitrogens with two attached hydrogens (primary N) is 1. The Labute approximate surface area is 113 Å². The first-order valence-corrected chi connectivity index (χ1v) is 6.54. The number of nitrogens with one attached hydrogen (secondary N) is 1. The van der Waals surface area contributed by atoms with E-state index in [1.165, 1.54) is 25.5 Å². The summed E-state index contributed by atoms with van der Waals surface area (Å²) < 4.78 is 5.71. The molecule has 0 bridgehead atoms. The van der Waals surface area contributed by atoms with Crippen molar-refractivity contribution in [3.8, 4) is 5.75 Å². The summed E-state index contributed by atoms with van der Waals surface area (Å²) in [5.74, 6) is 0.758. The van der Waals surface area contributed by atoms with Crippen LogP contribution in [0.5, 0.6) is 5.75 Å². The highest BCUT2D eigenvalue weighted by Crippen LogP contribution is 2.16. The third-order valence-corrected chi connectivity index (χ3v) is 2.55. The maximum atomic E-state index is 10.5. The molecule has 1 aromatic carbocycles. The smallest absolute Gasteiger partial charge is 0.332 e. The van der Waals surface area contributed by atoms with Crippen LogP contribution in [0, 0.1) is 0 Å². The van der Waals surface area contributed by atoms with Crippen LogP contribution in [0.4, 0.5) is 4.79 Å². The Balaban J connectivity index is 2.48. The van der Waals surface area contributed by atoms with Gasteiger partial charge < -0.3 is 10.5 Å². The van der Waals surface area contributed by atoms with E-state index in [0.29, 0.717) is 6.61 Å². The Morgan fingerprint density at radius 1 is 1.37 bits per heavy atom. The normalized spacial score (nSPS) is 10.6. The second kappa shape index (κ2) is 8.97. The van der Waals surface area contributed by atoms with Crippen LogP contribution in [0.1, 0.15) is 38.2 Å². The molecule has 0 unspecified atom stereocenters. The van der Waals surface area contributed by atoms with Gasteiger partial charge in [-0.2, -0.15) is 5.10 Å². The number of hydrogen-bond acceptors (Lipinski definition) is 3. The van der Waals surface area contributed by atoms with E-state index in [1.807, 2.05) is 24.3 Å². The van der Waals surface area contributed by atoms with Crippen molar-refractivity contribution >= 4 is 12.2 Å². The second-order valence-electron chi connectivity index (χ2n) is 4.18. The van der Waals surface area contributed by atoms with Crippen molar-refractivity contribution in [1.82, 2.24) is 5.43 Å². The first-order chi connectivity index (χ1) is 9.24. The van der Waals surface area contributed by atoms with Crippen LogP contribution in [0.2, 0.25) is 0 Å². The zero-order valence-corrected chi connectivity index (χ0v) is 11.3. The summed E-state index contributed by atoms with van der Waals surface area (Å²) in [4.78, 5) is 10.5. The molecular weight excluding hydrogens is 242 g/mol. The number of amides is 2. The van der Waals surface area contributed by atoms with Crippen LogP contribution in [-0.2, 0) is 0 Å². The van der Waals surface area contributed by atoms with Gasteiger partial charge in [0.15, 0.2) is 0 Å². The maximum Gasteiger partial charge on any atom is 0.332 e. The van der Waals surface area contributed by atoms with Gasteiger partial charge in [0.2, 0.25) is 0 Å². The monoisotopic (exact) mass is 263 g/mol. The highest BCUT2D eigenvalue weighted by atomic mass is 16.5. The lowest BCUT2D eigenvalue weighted by Crippen LogP contribution is -2.24. The fourth-order valence-corrected chi connectivity index (χ4v) is 1.60. The van der Waals surface area contributed by atoms with Crippen molar-refractivity contribution in [2.75, 3.05) is 6.61 Å². The minimum Gasteiger partial charge on any atom is -0.493 e. The number of hydrazone groups is 1. The molecule has 0 aliphatic heterocycles. The molecule has 5 heteroatoms. The summed E-state index contributed by atoms with van der Waals surface area (Å²) >= 11 is 0. The Morgan fingerprint density at radius 3 is 2.89 bits per heavy atom. The Morgan fingerprint density at radius 2 is 2.16 bits per heavy atom. The van der Waals surface area contributed by atoms with Crippen LogP contribution in [0.3, 0.4) is 0 Å². The predicted molar refractivity (Wildman–Crippen MR) is 76.4 cm³/mol. The average Bonchev–Trinajstić information content (AvgIpc) is 2.40. The van der Waals surface area contributed by atoms with E-state index in [-0.39, 0.29) is 0 Å². The lowest BCUT2D eigenvalue weighted by molar-refractivity contribution is 0.249. The van der Waals surface area contributed by atoms with Gasteiger partial charge in [-0.25, -0.2) is 10.2 Å². The van der Waals surface area contributed by atoms with Gasteiger partial charge in [0, 0.05) is 5.56 Å². The van der Waals surface area contributed by atoms with E-state index in [0.717, 1.165) is 17.7 Å². The van der Waals surface area contributed by atoms with E-state index in [4.69, 9.17) is 10.5 Å². The first kappa shape index (κ1) is 15.0. The number of unbranched alkanes of at least 4 members (excludes halogenated alkanes) is 3. The number of para-hydroxylation sites is 1. The van der Waals surface area contributed by atoms with E-state index in [9.17, 15) is 4.79 Å². The summed E-state index contributed by atoms with van der Waals surface area (Å²) in [5.41, 5.74) is 7.90. The van der Waals surface area contributed by atoms with Gasteiger partial charge in [-0.3, -0.25) is 0 Å². The number of hydrogen-bond donors (Lipinski definition) is 2. The number of benzene rings is 1. The van der Waals surface area contributed by atoms with Gasteiger partial charge in [-0.15, -0.1) is 0 Å². The van der Waals surface area contributed by atoms with Crippen molar-refractivity contribution in [3.63, 3.8) is 0 Å². The molecule has 5 nitrogen and oxygen atoms in total. The second-order valence-corrected chi connectivity index (χ2v) is 4.18. The van der Waals surface area contributed by atoms with Crippen molar-refractivity contribution in [3.05, 3.63) is 29.8 Å². The summed E-state index contributed by atoms with van der Waals surface area (Å²) in [5, 5.41) is 3.73. The van der Waals surface area contributed by atoms with Crippen molar-refractivity contribution in [2.45, 2.75) is 32.6 Å². The van der Waals surface area contributed by atoms with Gasteiger partial charge in [0.25, 0.3) is 0 Å². The van der Waals surface area contributed by atoms with Gasteiger partial charge in [-0.1, -0.05) is 38.3 Å². The largest absolute Gasteiger partial charge is 0.493 e. The molecule has 3 N–H and O–H groups in total. The van der Waals surface area contributed by atoms with Crippen LogP contribution in [0.25, 0.3) is 0 Å². The molecule has 0 saturated heterocycles. The molecule has 0 aliphatic carbocycles. The molecule has 0 fully saturated rings. The SMILES string of the molecule is CCCCCCOc1ccccc1C=NNC(N)=O. The molecule has 0 saturated carbocycles. The highest BCUT2D eigenvalue weighted by molar-refractivity contribution is 5.84. The minimum atomic E-state index is -0.686. The minimum absolute atomic E-state index is 0.686. The molecule has 0 spiro atoms. The highest BCUT2D eigenvalue weighted by Gasteiger charge is 2.00. The van der Waals surface area contributed by atoms with E-state index < -0.39 is 6.03 Å². The molecular formula is C14H21N3O2. The lowest BCUT2D eigenvalue weighted by Gasteiger charge is -2.08. The van der Waals surface area contributed by atoms with E-state index in [1.54, 1.807) is 0 Å². The van der Waals surface area contributed by atoms with Gasteiger partial charge >= 0.3 is 6.03 Å². The zero-order chi connectivity index (χ0) is 13.9. The van der Waals surface area contributed by atoms with Crippen LogP contribution < -0.4 is 15.9 Å². The molecule has 0 atom stereocenters. The van der Waals surface area contributed by atoms with Gasteiger partial charge in [0.05, 0.1) is 12.8 Å². The van der Waals surface area contributed by atoms with Crippen LogP contribution >= 0.6 is 0 Å². The average molecular weight is 263 g/mol. The number of ether oxygens (including phenoxy) is 1. The first-order valence-electron chi connectivity index (χ1n) is 6.54. The molecule has 104 valence electrons. The molecule has 19 heavy (non-hydrogen) atoms. The van der Waals surface area contributed by atoms with Crippen LogP contribution in [0.15, 0.2) is 29.4 Å². The number of urea groups is 1. The number of carbonyl (C=O) groups is 1. The standard InChI is InChI=1S/C14H21N3O2/c1-2-3-4-7-10-19-13-9-6-5-8-12(13)11-16-17-14(15)18/h5-6,8-9,11H,2-4,7,10H2,1H3,(H3,15,17,18). The van der Waals surface area contributed by atoms with Crippen molar-refractivity contribution < 1.29 is 9.53 Å². The summed E-state index contributed by atoms with van der Waals surface area (Å²) in [6, 6.07) is 6.85. The summed E-state index contributed by atoms with van der Waals surface area (Å²) in [6.07, 6.45) is 6.18. The number of carbonyl (C=O) groups excluding carboxylic acids is 1. The Kier molecular flexibility index (Phi) is 7.09. The number of nitrogens with zero attached hydrogens (tertiary/aromatic N) is 1. The topological polar surface area (TPSA) is 76.7 Å². The lowest BCUT2D eigenvalue weighted by atomic mass is 10.2. The molecule has 0 radical (unpaired) electrons. The molecule has 1 rings (SSSR count). The Hall–Kier alpha value is -2.04. The number of rotatable bonds is 8. The molecule has 0 heterocycles. The predicted octanol–water partition coefficient (Wildman–Crippen LogP) is 2.65. The van der Waals surface area contributed by atoms with E-state index >= 15 is 0 Å². The molecule has 2 amide bonds. The third-order valence-electron chi connectivity index (χ3n) is 2.55. The van der Waals surface area contributed by atoms with Gasteiger partial charge in [0.1, 0.15) is 5.75 Å². The van der Waals surface area contributed by atoms with Crippen LogP contribution in [-0.4, -0.2) is 18.9 Å². The third kappa shape index (κ3) is 6.45. The fraction of sp³-hybridized carbons (Fsp3) is 0.429. The van der Waals surface area contributed by atoms with Crippen molar-refractivity contribution in [2.24, 2.45) is 10.8 Å². The quantitative estimate of drug-likeness (QED) is 0.429. The summed E-state index contributed by atoms with van der Waals surface area (Å²) in [7, 11) is 0. The fourth-order valence-electron chi connectivity index (χ4n) is 1.60. The summed E-state index contributed by atoms with van der Waals surface area (Å²) in [6.45, 7) is 2.87. The Bertz CT molecular complexity index is 419. The number of primary amides is 1. The molecule has 1 aromatic rings. The molecule has 0 aromatic heterocycles.